The first-order valence-corrected chi connectivity index (χ1v) is 14.5. The minimum Gasteiger partial charge on any atom is -0.457 e. The van der Waals surface area contributed by atoms with Crippen molar-refractivity contribution in [2.24, 2.45) is 0 Å². The summed E-state index contributed by atoms with van der Waals surface area (Å²) >= 11 is 23.8. The van der Waals surface area contributed by atoms with E-state index in [0.717, 1.165) is 60.2 Å². The maximum absolute atomic E-state index is 12.4. The largest absolute Gasteiger partial charge is 0.457 e. The van der Waals surface area contributed by atoms with Crippen LogP contribution in [-0.2, 0) is 11.3 Å². The Bertz CT molecular complexity index is 1540. The van der Waals surface area contributed by atoms with Gasteiger partial charge in [0.25, 0.3) is 0 Å². The number of furan rings is 1. The molecule has 1 amide bonds. The standard InChI is InChI=1S/C31H27Cl3N4O2S/c32-23-17-22(18-24(33)19-23)29-11-9-27(40-29)10-12-30(39)36-31(41)35-25-5-7-26(8-6-25)38-15-13-37(14-16-38)20-21-3-1-2-4-28(21)34/h1-12,17-19H,13-16,20H2,(H2,35,36,39,41)/b12-10+. The number of carbonyl (C=O) groups excluding carboxylic acids is 1. The van der Waals surface area contributed by atoms with Gasteiger partial charge in [-0.25, -0.2) is 0 Å². The van der Waals surface area contributed by atoms with Crippen LogP contribution in [0.2, 0.25) is 15.1 Å². The van der Waals surface area contributed by atoms with Crippen LogP contribution in [0.4, 0.5) is 11.4 Å². The number of nitrogens with zero attached hydrogens (tertiary/aromatic N) is 2. The van der Waals surface area contributed by atoms with Gasteiger partial charge in [-0.15, -0.1) is 0 Å². The SMILES string of the molecule is O=C(/C=C/c1ccc(-c2cc(Cl)cc(Cl)c2)o1)NC(=S)Nc1ccc(N2CCN(Cc3ccccc3Cl)CC2)cc1. The van der Waals surface area contributed by atoms with Crippen LogP contribution >= 0.6 is 47.0 Å². The number of thiocarbonyl (C=S) groups is 1. The molecule has 2 N–H and O–H groups in total. The molecule has 0 atom stereocenters. The molecule has 0 unspecified atom stereocenters. The maximum atomic E-state index is 12.4. The fourth-order valence-electron chi connectivity index (χ4n) is 4.55. The highest BCUT2D eigenvalue weighted by molar-refractivity contribution is 7.80. The third-order valence-electron chi connectivity index (χ3n) is 6.62. The average molecular weight is 626 g/mol. The van der Waals surface area contributed by atoms with E-state index in [9.17, 15) is 4.79 Å². The van der Waals surface area contributed by atoms with E-state index in [0.29, 0.717) is 21.6 Å². The van der Waals surface area contributed by atoms with Crippen molar-refractivity contribution in [1.82, 2.24) is 10.2 Å². The third-order valence-corrected chi connectivity index (χ3v) is 7.63. The molecule has 3 aromatic carbocycles. The third kappa shape index (κ3) is 8.12. The van der Waals surface area contributed by atoms with Crippen molar-refractivity contribution in [3.8, 4) is 11.3 Å². The zero-order chi connectivity index (χ0) is 28.8. The Labute approximate surface area is 259 Å². The number of amides is 1. The number of carbonyl (C=O) groups is 1. The first kappa shape index (κ1) is 29.2. The van der Waals surface area contributed by atoms with E-state index >= 15 is 0 Å². The molecule has 1 aromatic heterocycles. The topological polar surface area (TPSA) is 60.8 Å². The first-order valence-electron chi connectivity index (χ1n) is 13.0. The van der Waals surface area contributed by atoms with E-state index in [1.54, 1.807) is 36.4 Å². The van der Waals surface area contributed by atoms with Gasteiger partial charge in [-0.05, 0) is 84.5 Å². The molecule has 1 saturated heterocycles. The molecule has 0 aliphatic carbocycles. The van der Waals surface area contributed by atoms with Crippen molar-refractivity contribution in [3.05, 3.63) is 111 Å². The summed E-state index contributed by atoms with van der Waals surface area (Å²) in [5, 5.41) is 7.75. The molecule has 0 radical (unpaired) electrons. The second-order valence-electron chi connectivity index (χ2n) is 9.54. The highest BCUT2D eigenvalue weighted by Gasteiger charge is 2.18. The fourth-order valence-corrected chi connectivity index (χ4v) is 5.49. The zero-order valence-electron chi connectivity index (χ0n) is 21.9. The van der Waals surface area contributed by atoms with E-state index in [-0.39, 0.29) is 11.0 Å². The normalized spacial score (nSPS) is 13.9. The number of piperazine rings is 1. The second kappa shape index (κ2) is 13.6. The minimum absolute atomic E-state index is 0.203. The summed E-state index contributed by atoms with van der Waals surface area (Å²) in [7, 11) is 0. The summed E-state index contributed by atoms with van der Waals surface area (Å²) in [5.41, 5.74) is 3.84. The van der Waals surface area contributed by atoms with Crippen LogP contribution in [0.1, 0.15) is 11.3 Å². The number of hydrogen-bond donors (Lipinski definition) is 2. The monoisotopic (exact) mass is 624 g/mol. The Balaban J connectivity index is 1.08. The van der Waals surface area contributed by atoms with Crippen molar-refractivity contribution in [2.45, 2.75) is 6.54 Å². The van der Waals surface area contributed by atoms with Crippen molar-refractivity contribution < 1.29 is 9.21 Å². The molecule has 1 fully saturated rings. The molecule has 5 rings (SSSR count). The highest BCUT2D eigenvalue weighted by Crippen LogP contribution is 2.29. The lowest BCUT2D eigenvalue weighted by Crippen LogP contribution is -2.46. The predicted octanol–water partition coefficient (Wildman–Crippen LogP) is 7.76. The molecule has 10 heteroatoms. The molecule has 2 heterocycles. The Morgan fingerprint density at radius 1 is 0.902 bits per heavy atom. The molecule has 0 saturated carbocycles. The summed E-state index contributed by atoms with van der Waals surface area (Å²) < 4.78 is 5.78. The molecule has 210 valence electrons. The van der Waals surface area contributed by atoms with Crippen LogP contribution < -0.4 is 15.5 Å². The van der Waals surface area contributed by atoms with E-state index in [1.807, 2.05) is 30.3 Å². The molecule has 41 heavy (non-hydrogen) atoms. The lowest BCUT2D eigenvalue weighted by Gasteiger charge is -2.36. The Morgan fingerprint density at radius 3 is 2.32 bits per heavy atom. The number of halogens is 3. The Hall–Kier alpha value is -3.33. The van der Waals surface area contributed by atoms with Crippen molar-refractivity contribution in [3.63, 3.8) is 0 Å². The average Bonchev–Trinajstić information content (AvgIpc) is 3.43. The van der Waals surface area contributed by atoms with Gasteiger partial charge in [0.15, 0.2) is 5.11 Å². The lowest BCUT2D eigenvalue weighted by atomic mass is 10.2. The number of nitrogens with one attached hydrogen (secondary N) is 2. The number of rotatable bonds is 7. The van der Waals surface area contributed by atoms with Crippen molar-refractivity contribution in [2.75, 3.05) is 36.4 Å². The molecule has 4 aromatic rings. The molecule has 1 aliphatic heterocycles. The van der Waals surface area contributed by atoms with Gasteiger partial charge >= 0.3 is 0 Å². The van der Waals surface area contributed by atoms with E-state index < -0.39 is 0 Å². The summed E-state index contributed by atoms with van der Waals surface area (Å²) in [5.74, 6) is 0.719. The van der Waals surface area contributed by atoms with Gasteiger partial charge in [0.1, 0.15) is 11.5 Å². The Morgan fingerprint density at radius 2 is 1.61 bits per heavy atom. The van der Waals surface area contributed by atoms with Gasteiger partial charge in [-0.2, -0.15) is 0 Å². The van der Waals surface area contributed by atoms with Gasteiger partial charge in [0.05, 0.1) is 0 Å². The van der Waals surface area contributed by atoms with Crippen LogP contribution in [0.15, 0.2) is 89.4 Å². The Kier molecular flexibility index (Phi) is 9.64. The smallest absolute Gasteiger partial charge is 0.250 e. The summed E-state index contributed by atoms with van der Waals surface area (Å²) in [6.07, 6.45) is 2.92. The van der Waals surface area contributed by atoms with Crippen LogP contribution in [-0.4, -0.2) is 42.1 Å². The number of hydrogen-bond acceptors (Lipinski definition) is 5. The summed E-state index contributed by atoms with van der Waals surface area (Å²) in [6, 6.07) is 24.7. The van der Waals surface area contributed by atoms with Gasteiger partial charge in [-0.3, -0.25) is 15.0 Å². The summed E-state index contributed by atoms with van der Waals surface area (Å²) in [4.78, 5) is 17.2. The molecular weight excluding hydrogens is 599 g/mol. The molecule has 1 aliphatic rings. The second-order valence-corrected chi connectivity index (χ2v) is 11.2. The number of benzene rings is 3. The zero-order valence-corrected chi connectivity index (χ0v) is 25.0. The van der Waals surface area contributed by atoms with Crippen molar-refractivity contribution in [1.29, 1.82) is 0 Å². The van der Waals surface area contributed by atoms with Crippen molar-refractivity contribution >= 4 is 75.5 Å². The fraction of sp³-hybridized carbons (Fsp3) is 0.161. The predicted molar refractivity (Wildman–Crippen MR) is 173 cm³/mol. The van der Waals surface area contributed by atoms with Gasteiger partial charge < -0.3 is 14.6 Å². The molecule has 0 spiro atoms. The van der Waals surface area contributed by atoms with Crippen LogP contribution in [0.5, 0.6) is 0 Å². The quantitative estimate of drug-likeness (QED) is 0.162. The lowest BCUT2D eigenvalue weighted by molar-refractivity contribution is -0.115. The van der Waals surface area contributed by atoms with Gasteiger partial charge in [0.2, 0.25) is 5.91 Å². The van der Waals surface area contributed by atoms with Gasteiger partial charge in [-0.1, -0.05) is 53.0 Å². The van der Waals surface area contributed by atoms with Crippen LogP contribution in [0.25, 0.3) is 17.4 Å². The van der Waals surface area contributed by atoms with E-state index in [4.69, 9.17) is 51.4 Å². The maximum Gasteiger partial charge on any atom is 0.250 e. The first-order chi connectivity index (χ1) is 19.8. The molecule has 6 nitrogen and oxygen atoms in total. The van der Waals surface area contributed by atoms with Crippen LogP contribution in [0.3, 0.4) is 0 Å². The number of anilines is 2. The molecule has 0 bridgehead atoms. The summed E-state index contributed by atoms with van der Waals surface area (Å²) in [6.45, 7) is 4.64. The molecular formula is C31H27Cl3N4O2S. The van der Waals surface area contributed by atoms with E-state index in [2.05, 4.69) is 38.6 Å². The van der Waals surface area contributed by atoms with E-state index in [1.165, 1.54) is 6.08 Å². The van der Waals surface area contributed by atoms with Crippen LogP contribution in [0, 0.1) is 0 Å². The minimum atomic E-state index is -0.377. The van der Waals surface area contributed by atoms with Gasteiger partial charge in [0, 0.05) is 70.8 Å². The highest BCUT2D eigenvalue weighted by atomic mass is 35.5.